The molecule has 1 rings (SSSR count). The van der Waals surface area contributed by atoms with Crippen LogP contribution in [-0.4, -0.2) is 20.1 Å². The number of alkyl halides is 3. The first kappa shape index (κ1) is 13.0. The van der Waals surface area contributed by atoms with Crippen LogP contribution in [0.25, 0.3) is 0 Å². The molecule has 0 unspecified atom stereocenters. The van der Waals surface area contributed by atoms with Gasteiger partial charge in [0.15, 0.2) is 8.24 Å². The molecule has 0 saturated heterocycles. The van der Waals surface area contributed by atoms with E-state index < -0.39 is 20.1 Å². The van der Waals surface area contributed by atoms with Crippen molar-refractivity contribution >= 4 is 13.9 Å². The Morgan fingerprint density at radius 3 is 1.94 bits per heavy atom. The molecule has 0 aliphatic heterocycles. The molecule has 16 heavy (non-hydrogen) atoms. The van der Waals surface area contributed by atoms with Crippen molar-refractivity contribution in [2.24, 2.45) is 4.66 Å². The first-order valence-corrected chi connectivity index (χ1v) is 8.37. The van der Waals surface area contributed by atoms with Crippen LogP contribution in [0.2, 0.25) is 19.6 Å². The highest BCUT2D eigenvalue weighted by Gasteiger charge is 2.37. The summed E-state index contributed by atoms with van der Waals surface area (Å²) in [4.78, 5) is 0. The topological polar surface area (TPSA) is 12.4 Å². The van der Waals surface area contributed by atoms with Crippen LogP contribution in [0.1, 0.15) is 5.56 Å². The summed E-state index contributed by atoms with van der Waals surface area (Å²) in [6.45, 7) is 5.34. The maximum Gasteiger partial charge on any atom is 0.432 e. The van der Waals surface area contributed by atoms with E-state index in [0.29, 0.717) is 0 Å². The first-order chi connectivity index (χ1) is 7.20. The minimum absolute atomic E-state index is 0.137. The molecule has 0 atom stereocenters. The second-order valence-electron chi connectivity index (χ2n) is 4.50. The van der Waals surface area contributed by atoms with Gasteiger partial charge in [-0.25, -0.2) is 0 Å². The van der Waals surface area contributed by atoms with Crippen LogP contribution in [0, 0.1) is 0 Å². The van der Waals surface area contributed by atoms with E-state index in [2.05, 4.69) is 4.66 Å². The lowest BCUT2D eigenvalue weighted by Crippen LogP contribution is -2.30. The van der Waals surface area contributed by atoms with Gasteiger partial charge in [-0.15, -0.1) is 0 Å². The highest BCUT2D eigenvalue weighted by atomic mass is 28.3. The fourth-order valence-electron chi connectivity index (χ4n) is 1.22. The van der Waals surface area contributed by atoms with E-state index in [-0.39, 0.29) is 5.56 Å². The van der Waals surface area contributed by atoms with E-state index >= 15 is 0 Å². The molecule has 0 saturated carbocycles. The summed E-state index contributed by atoms with van der Waals surface area (Å²) < 4.78 is 42.4. The van der Waals surface area contributed by atoms with Crippen LogP contribution in [0.3, 0.4) is 0 Å². The third kappa shape index (κ3) is 3.81. The Morgan fingerprint density at radius 2 is 1.56 bits per heavy atom. The monoisotopic (exact) mass is 245 g/mol. The summed E-state index contributed by atoms with van der Waals surface area (Å²) in [6, 6.07) is 7.73. The van der Waals surface area contributed by atoms with Gasteiger partial charge in [0.25, 0.3) is 0 Å². The lowest BCUT2D eigenvalue weighted by Gasteiger charge is -2.16. The minimum Gasteiger partial charge on any atom is -0.317 e. The molecule has 1 aromatic carbocycles. The second-order valence-corrected chi connectivity index (χ2v) is 9.06. The standard InChI is InChI=1S/C11H14F3NSi/c1-16(2,3)15-10(11(12,13)14)9-7-5-4-6-8-9/h4-8H,1-3H3. The van der Waals surface area contributed by atoms with Gasteiger partial charge in [0, 0.05) is 5.56 Å². The zero-order valence-corrected chi connectivity index (χ0v) is 10.5. The SMILES string of the molecule is C[Si](C)(C)N=C(c1ccccc1)C(F)(F)F. The fraction of sp³-hybridized carbons (Fsp3) is 0.364. The third-order valence-electron chi connectivity index (χ3n) is 1.76. The molecule has 0 radical (unpaired) electrons. The van der Waals surface area contributed by atoms with Crippen molar-refractivity contribution in [1.29, 1.82) is 0 Å². The van der Waals surface area contributed by atoms with Gasteiger partial charge < -0.3 is 4.66 Å². The van der Waals surface area contributed by atoms with Crippen molar-refractivity contribution in [3.8, 4) is 0 Å². The molecule has 0 bridgehead atoms. The third-order valence-corrected chi connectivity index (χ3v) is 2.66. The largest absolute Gasteiger partial charge is 0.432 e. The summed E-state index contributed by atoms with van der Waals surface area (Å²) >= 11 is 0. The summed E-state index contributed by atoms with van der Waals surface area (Å²) in [7, 11) is -2.14. The highest BCUT2D eigenvalue weighted by molar-refractivity contribution is 6.75. The number of nitrogens with zero attached hydrogens (tertiary/aromatic N) is 1. The van der Waals surface area contributed by atoms with Gasteiger partial charge in [-0.3, -0.25) is 0 Å². The van der Waals surface area contributed by atoms with Gasteiger partial charge in [-0.1, -0.05) is 30.3 Å². The Labute approximate surface area is 94.1 Å². The Morgan fingerprint density at radius 1 is 1.06 bits per heavy atom. The smallest absolute Gasteiger partial charge is 0.317 e. The van der Waals surface area contributed by atoms with Crippen LogP contribution < -0.4 is 0 Å². The van der Waals surface area contributed by atoms with Crippen LogP contribution >= 0.6 is 0 Å². The molecule has 5 heteroatoms. The van der Waals surface area contributed by atoms with E-state index in [4.69, 9.17) is 0 Å². The molecular weight excluding hydrogens is 231 g/mol. The molecule has 1 aromatic rings. The van der Waals surface area contributed by atoms with Gasteiger partial charge >= 0.3 is 6.18 Å². The van der Waals surface area contributed by atoms with Gasteiger partial charge in [-0.05, 0) is 19.6 Å². The van der Waals surface area contributed by atoms with Crippen LogP contribution in [0.5, 0.6) is 0 Å². The molecule has 0 aliphatic rings. The Bertz CT molecular complexity index is 376. The minimum atomic E-state index is -4.39. The number of benzene rings is 1. The Hall–Kier alpha value is -1.10. The lowest BCUT2D eigenvalue weighted by molar-refractivity contribution is -0.0579. The van der Waals surface area contributed by atoms with Crippen LogP contribution in [0.4, 0.5) is 13.2 Å². The number of rotatable bonds is 2. The summed E-state index contributed by atoms with van der Waals surface area (Å²) in [5, 5.41) is 0. The normalized spacial score (nSPS) is 14.0. The Balaban J connectivity index is 3.24. The van der Waals surface area contributed by atoms with Crippen LogP contribution in [-0.2, 0) is 0 Å². The maximum absolute atomic E-state index is 12.8. The average molecular weight is 245 g/mol. The predicted octanol–water partition coefficient (Wildman–Crippen LogP) is 3.87. The zero-order valence-electron chi connectivity index (χ0n) is 9.47. The summed E-state index contributed by atoms with van der Waals surface area (Å²) in [5.41, 5.74) is -0.621. The lowest BCUT2D eigenvalue weighted by atomic mass is 10.1. The number of hydrogen-bond donors (Lipinski definition) is 0. The van der Waals surface area contributed by atoms with Crippen LogP contribution in [0.15, 0.2) is 35.0 Å². The van der Waals surface area contributed by atoms with Crippen molar-refractivity contribution in [3.63, 3.8) is 0 Å². The molecule has 0 fully saturated rings. The molecule has 0 aromatic heterocycles. The number of halogens is 3. The van der Waals surface area contributed by atoms with Gasteiger partial charge in [-0.2, -0.15) is 13.2 Å². The maximum atomic E-state index is 12.8. The molecule has 0 heterocycles. The van der Waals surface area contributed by atoms with E-state index in [1.54, 1.807) is 37.8 Å². The number of hydrogen-bond acceptors (Lipinski definition) is 1. The first-order valence-electron chi connectivity index (χ1n) is 4.92. The van der Waals surface area contributed by atoms with E-state index in [0.717, 1.165) is 0 Å². The van der Waals surface area contributed by atoms with E-state index in [1.165, 1.54) is 12.1 Å². The zero-order chi connectivity index (χ0) is 12.4. The second kappa shape index (κ2) is 4.41. The molecule has 0 N–H and O–H groups in total. The van der Waals surface area contributed by atoms with Crippen molar-refractivity contribution in [1.82, 2.24) is 0 Å². The van der Waals surface area contributed by atoms with E-state index in [1.807, 2.05) is 0 Å². The molecule has 0 spiro atoms. The van der Waals surface area contributed by atoms with Crippen molar-refractivity contribution in [3.05, 3.63) is 35.9 Å². The molecule has 0 aliphatic carbocycles. The molecular formula is C11H14F3NSi. The quantitative estimate of drug-likeness (QED) is 0.554. The highest BCUT2D eigenvalue weighted by Crippen LogP contribution is 2.24. The van der Waals surface area contributed by atoms with Crippen molar-refractivity contribution in [2.75, 3.05) is 0 Å². The predicted molar refractivity (Wildman–Crippen MR) is 62.4 cm³/mol. The fourth-order valence-corrected chi connectivity index (χ4v) is 2.15. The Kier molecular flexibility index (Phi) is 3.57. The summed E-state index contributed by atoms with van der Waals surface area (Å²) in [6.07, 6.45) is -4.39. The van der Waals surface area contributed by atoms with E-state index in [9.17, 15) is 13.2 Å². The van der Waals surface area contributed by atoms with Gasteiger partial charge in [0.05, 0.1) is 0 Å². The van der Waals surface area contributed by atoms with Crippen molar-refractivity contribution in [2.45, 2.75) is 25.8 Å². The van der Waals surface area contributed by atoms with Gasteiger partial charge in [0.1, 0.15) is 5.71 Å². The van der Waals surface area contributed by atoms with Gasteiger partial charge in [0.2, 0.25) is 0 Å². The molecule has 0 amide bonds. The molecule has 88 valence electrons. The molecule has 1 nitrogen and oxygen atoms in total. The average Bonchev–Trinajstić information content (AvgIpc) is 2.13. The van der Waals surface area contributed by atoms with Crippen molar-refractivity contribution < 1.29 is 13.2 Å². The summed E-state index contributed by atoms with van der Waals surface area (Å²) in [5.74, 6) is 0.